The second kappa shape index (κ2) is 5.29. The van der Waals surface area contributed by atoms with Crippen LogP contribution in [0.5, 0.6) is 0 Å². The minimum absolute atomic E-state index is 0.872. The van der Waals surface area contributed by atoms with E-state index in [0.717, 1.165) is 16.8 Å². The molecule has 0 aliphatic carbocycles. The van der Waals surface area contributed by atoms with Crippen molar-refractivity contribution in [3.05, 3.63) is 43.6 Å². The average Bonchev–Trinajstić information content (AvgIpc) is 2.65. The summed E-state index contributed by atoms with van der Waals surface area (Å²) in [7, 11) is 2.04. The van der Waals surface area contributed by atoms with Crippen molar-refractivity contribution < 1.29 is 0 Å². The summed E-state index contributed by atoms with van der Waals surface area (Å²) in [6.07, 6.45) is 1.81. The highest BCUT2D eigenvalue weighted by Crippen LogP contribution is 2.23. The van der Waals surface area contributed by atoms with Gasteiger partial charge in [-0.2, -0.15) is 0 Å². The maximum atomic E-state index is 4.35. The number of thiophene rings is 1. The highest BCUT2D eigenvalue weighted by Gasteiger charge is 2.04. The zero-order valence-corrected chi connectivity index (χ0v) is 12.6. The number of nitrogens with zero attached hydrogens (tertiary/aromatic N) is 2. The number of aromatic nitrogens is 1. The van der Waals surface area contributed by atoms with Crippen LogP contribution in [0.25, 0.3) is 0 Å². The molecule has 84 valence electrons. The predicted octanol–water partition coefficient (Wildman–Crippen LogP) is 4.30. The zero-order chi connectivity index (χ0) is 11.5. The topological polar surface area (TPSA) is 16.1 Å². The molecule has 0 unspecified atom stereocenters. The zero-order valence-electron chi connectivity index (χ0n) is 8.65. The molecule has 0 aliphatic rings. The number of hydrogen-bond acceptors (Lipinski definition) is 3. The SMILES string of the molecule is CN(Cc1csc(Br)c1)c1ccc(Br)cn1. The van der Waals surface area contributed by atoms with E-state index in [9.17, 15) is 0 Å². The van der Waals surface area contributed by atoms with Crippen molar-refractivity contribution in [2.45, 2.75) is 6.54 Å². The first-order chi connectivity index (χ1) is 7.65. The van der Waals surface area contributed by atoms with Crippen LogP contribution in [0.3, 0.4) is 0 Å². The van der Waals surface area contributed by atoms with Crippen LogP contribution in [-0.4, -0.2) is 12.0 Å². The molecule has 2 aromatic heterocycles. The van der Waals surface area contributed by atoms with Gasteiger partial charge in [-0.3, -0.25) is 0 Å². The minimum atomic E-state index is 0.872. The Morgan fingerprint density at radius 1 is 1.38 bits per heavy atom. The second-order valence-corrected chi connectivity index (χ2v) is 6.66. The number of hydrogen-bond donors (Lipinski definition) is 0. The summed E-state index contributed by atoms with van der Waals surface area (Å²) in [4.78, 5) is 6.48. The van der Waals surface area contributed by atoms with E-state index in [4.69, 9.17) is 0 Å². The maximum absolute atomic E-state index is 4.35. The lowest BCUT2D eigenvalue weighted by molar-refractivity contribution is 0.901. The standard InChI is InChI=1S/C11H10Br2N2S/c1-15(6-8-4-10(13)16-7-8)11-3-2-9(12)5-14-11/h2-5,7H,6H2,1H3. The molecule has 2 nitrogen and oxygen atoms in total. The van der Waals surface area contributed by atoms with Crippen LogP contribution in [0.1, 0.15) is 5.56 Å². The van der Waals surface area contributed by atoms with Gasteiger partial charge in [0, 0.05) is 24.3 Å². The summed E-state index contributed by atoms with van der Waals surface area (Å²) in [6, 6.07) is 6.15. The molecule has 5 heteroatoms. The largest absolute Gasteiger partial charge is 0.355 e. The molecule has 0 N–H and O–H groups in total. The molecule has 0 saturated carbocycles. The van der Waals surface area contributed by atoms with Crippen molar-refractivity contribution in [3.8, 4) is 0 Å². The molecule has 2 heterocycles. The second-order valence-electron chi connectivity index (χ2n) is 3.45. The van der Waals surface area contributed by atoms with Gasteiger partial charge in [-0.25, -0.2) is 4.98 Å². The Bertz CT molecular complexity index is 467. The van der Waals surface area contributed by atoms with Crippen molar-refractivity contribution >= 4 is 49.0 Å². The smallest absolute Gasteiger partial charge is 0.128 e. The summed E-state index contributed by atoms with van der Waals surface area (Å²) >= 11 is 8.55. The monoisotopic (exact) mass is 360 g/mol. The molecule has 2 rings (SSSR count). The maximum Gasteiger partial charge on any atom is 0.128 e. The number of anilines is 1. The van der Waals surface area contributed by atoms with Gasteiger partial charge in [0.2, 0.25) is 0 Å². The van der Waals surface area contributed by atoms with Gasteiger partial charge in [0.1, 0.15) is 5.82 Å². The molecule has 2 aromatic rings. The Hall–Kier alpha value is -0.390. The third-order valence-electron chi connectivity index (χ3n) is 2.14. The van der Waals surface area contributed by atoms with Gasteiger partial charge < -0.3 is 4.90 Å². The molecule has 0 aromatic carbocycles. The van der Waals surface area contributed by atoms with Gasteiger partial charge in [-0.05, 0) is 61.0 Å². The summed E-state index contributed by atoms with van der Waals surface area (Å²) in [5.74, 6) is 0.977. The van der Waals surface area contributed by atoms with Crippen molar-refractivity contribution in [2.24, 2.45) is 0 Å². The van der Waals surface area contributed by atoms with Crippen molar-refractivity contribution in [3.63, 3.8) is 0 Å². The van der Waals surface area contributed by atoms with E-state index in [-0.39, 0.29) is 0 Å². The number of rotatable bonds is 3. The van der Waals surface area contributed by atoms with Crippen molar-refractivity contribution in [1.29, 1.82) is 0 Å². The lowest BCUT2D eigenvalue weighted by Gasteiger charge is -2.17. The number of pyridine rings is 1. The first-order valence-corrected chi connectivity index (χ1v) is 7.17. The molecule has 0 amide bonds. The summed E-state index contributed by atoms with van der Waals surface area (Å²) in [5.41, 5.74) is 1.30. The van der Waals surface area contributed by atoms with E-state index in [2.05, 4.69) is 53.2 Å². The predicted molar refractivity (Wildman–Crippen MR) is 76.1 cm³/mol. The molecule has 16 heavy (non-hydrogen) atoms. The van der Waals surface area contributed by atoms with E-state index in [1.807, 2.05) is 25.4 Å². The summed E-state index contributed by atoms with van der Waals surface area (Å²) < 4.78 is 2.17. The molecular weight excluding hydrogens is 352 g/mol. The van der Waals surface area contributed by atoms with E-state index >= 15 is 0 Å². The fourth-order valence-electron chi connectivity index (χ4n) is 1.38. The molecular formula is C11H10Br2N2S. The highest BCUT2D eigenvalue weighted by molar-refractivity contribution is 9.11. The highest BCUT2D eigenvalue weighted by atomic mass is 79.9. The molecule has 0 saturated heterocycles. The van der Waals surface area contributed by atoms with Crippen molar-refractivity contribution in [1.82, 2.24) is 4.98 Å². The van der Waals surface area contributed by atoms with Crippen LogP contribution < -0.4 is 4.90 Å². The molecule has 0 fully saturated rings. The fourth-order valence-corrected chi connectivity index (χ4v) is 2.81. The normalized spacial score (nSPS) is 10.4. The van der Waals surface area contributed by atoms with Gasteiger partial charge in [-0.1, -0.05) is 0 Å². The van der Waals surface area contributed by atoms with Gasteiger partial charge in [0.25, 0.3) is 0 Å². The van der Waals surface area contributed by atoms with Gasteiger partial charge in [0.15, 0.2) is 0 Å². The lowest BCUT2D eigenvalue weighted by atomic mass is 10.3. The Kier molecular flexibility index (Phi) is 4.00. The van der Waals surface area contributed by atoms with E-state index in [0.29, 0.717) is 0 Å². The lowest BCUT2D eigenvalue weighted by Crippen LogP contribution is -2.16. The fraction of sp³-hybridized carbons (Fsp3) is 0.182. The molecule has 0 atom stereocenters. The Labute approximate surface area is 116 Å². The van der Waals surface area contributed by atoms with Crippen LogP contribution >= 0.6 is 43.2 Å². The molecule has 0 radical (unpaired) electrons. The quantitative estimate of drug-likeness (QED) is 0.809. The van der Waals surface area contributed by atoms with Crippen LogP contribution in [0.4, 0.5) is 5.82 Å². The third-order valence-corrected chi connectivity index (χ3v) is 4.17. The van der Waals surface area contributed by atoms with Crippen LogP contribution in [-0.2, 0) is 6.54 Å². The van der Waals surface area contributed by atoms with Crippen LogP contribution in [0.15, 0.2) is 38.0 Å². The minimum Gasteiger partial charge on any atom is -0.355 e. The van der Waals surface area contributed by atoms with Crippen LogP contribution in [0.2, 0.25) is 0 Å². The Morgan fingerprint density at radius 2 is 2.19 bits per heavy atom. The third kappa shape index (κ3) is 3.06. The van der Waals surface area contributed by atoms with E-state index in [1.165, 1.54) is 9.35 Å². The Balaban J connectivity index is 2.08. The first-order valence-electron chi connectivity index (χ1n) is 4.71. The Morgan fingerprint density at radius 3 is 2.75 bits per heavy atom. The molecule has 0 bridgehead atoms. The molecule has 0 aliphatic heterocycles. The van der Waals surface area contributed by atoms with E-state index in [1.54, 1.807) is 11.3 Å². The van der Waals surface area contributed by atoms with Crippen LogP contribution in [0, 0.1) is 0 Å². The first kappa shape index (κ1) is 12.1. The van der Waals surface area contributed by atoms with Gasteiger partial charge in [0.05, 0.1) is 3.79 Å². The summed E-state index contributed by atoms with van der Waals surface area (Å²) in [6.45, 7) is 0.872. The van der Waals surface area contributed by atoms with Crippen molar-refractivity contribution in [2.75, 3.05) is 11.9 Å². The molecule has 0 spiro atoms. The van der Waals surface area contributed by atoms with Gasteiger partial charge in [-0.15, -0.1) is 11.3 Å². The van der Waals surface area contributed by atoms with E-state index < -0.39 is 0 Å². The number of halogens is 2. The van der Waals surface area contributed by atoms with Gasteiger partial charge >= 0.3 is 0 Å². The summed E-state index contributed by atoms with van der Waals surface area (Å²) in [5, 5.41) is 2.15. The average molecular weight is 362 g/mol.